The molecule has 11 unspecified atom stereocenters. The van der Waals surface area contributed by atoms with E-state index in [0.29, 0.717) is 12.8 Å². The van der Waals surface area contributed by atoms with Crippen LogP contribution in [-0.4, -0.2) is 142 Å². The molecule has 2 aliphatic heterocycles. The average Bonchev–Trinajstić information content (AvgIpc) is 3.31. The maximum atomic E-state index is 13.0. The van der Waals surface area contributed by atoms with Crippen LogP contribution in [0.3, 0.4) is 0 Å². The number of unbranched alkanes of at least 4 members (excludes halogenated alkanes) is 22. The Morgan fingerprint density at radius 1 is 0.470 bits per heavy atom. The van der Waals surface area contributed by atoms with Crippen LogP contribution in [0.5, 0.6) is 0 Å². The fourth-order valence-corrected chi connectivity index (χ4v) is 8.07. The zero-order valence-corrected chi connectivity index (χ0v) is 40.7. The van der Waals surface area contributed by atoms with Gasteiger partial charge in [-0.15, -0.1) is 0 Å². The molecular formula is C51H92O15. The lowest BCUT2D eigenvalue weighted by atomic mass is 9.98. The van der Waals surface area contributed by atoms with Crippen molar-refractivity contribution in [3.8, 4) is 0 Å². The Bertz CT molecular complexity index is 1250. The van der Waals surface area contributed by atoms with Crippen LogP contribution in [-0.2, 0) is 38.0 Å². The Hall–Kier alpha value is -2.02. The summed E-state index contributed by atoms with van der Waals surface area (Å²) >= 11 is 0. The quantitative estimate of drug-likeness (QED) is 0.0184. The summed E-state index contributed by atoms with van der Waals surface area (Å²) in [7, 11) is 0. The van der Waals surface area contributed by atoms with Crippen LogP contribution in [0.25, 0.3) is 0 Å². The molecule has 15 nitrogen and oxygen atoms in total. The number of allylic oxidation sites excluding steroid dienone is 4. The van der Waals surface area contributed by atoms with E-state index in [1.165, 1.54) is 89.9 Å². The van der Waals surface area contributed by atoms with Gasteiger partial charge in [-0.1, -0.05) is 147 Å². The second kappa shape index (κ2) is 38.8. The van der Waals surface area contributed by atoms with Gasteiger partial charge in [0.15, 0.2) is 18.7 Å². The third kappa shape index (κ3) is 26.7. The number of carbonyl (C=O) groups excluding carboxylic acids is 2. The number of rotatable bonds is 40. The van der Waals surface area contributed by atoms with Crippen LogP contribution in [0.2, 0.25) is 0 Å². The van der Waals surface area contributed by atoms with E-state index in [1.807, 2.05) is 0 Å². The minimum Gasteiger partial charge on any atom is -0.462 e. The van der Waals surface area contributed by atoms with Crippen molar-refractivity contribution in [2.24, 2.45) is 0 Å². The molecule has 15 heteroatoms. The second-order valence-corrected chi connectivity index (χ2v) is 18.3. The smallest absolute Gasteiger partial charge is 0.306 e. The maximum Gasteiger partial charge on any atom is 0.306 e. The van der Waals surface area contributed by atoms with Crippen molar-refractivity contribution in [3.05, 3.63) is 24.3 Å². The summed E-state index contributed by atoms with van der Waals surface area (Å²) in [5.74, 6) is -0.935. The molecule has 0 spiro atoms. The molecule has 0 radical (unpaired) electrons. The van der Waals surface area contributed by atoms with E-state index in [0.717, 1.165) is 64.2 Å². The van der Waals surface area contributed by atoms with Crippen LogP contribution in [0.15, 0.2) is 24.3 Å². The highest BCUT2D eigenvalue weighted by molar-refractivity contribution is 5.70. The van der Waals surface area contributed by atoms with Crippen molar-refractivity contribution in [2.75, 3.05) is 26.4 Å². The van der Waals surface area contributed by atoms with Gasteiger partial charge in [-0.05, 0) is 57.8 Å². The molecule has 0 amide bonds. The maximum absolute atomic E-state index is 13.0. The number of esters is 2. The van der Waals surface area contributed by atoms with Crippen molar-refractivity contribution in [2.45, 2.75) is 261 Å². The van der Waals surface area contributed by atoms with Gasteiger partial charge < -0.3 is 64.2 Å². The number of carbonyl (C=O) groups is 2. The Balaban J connectivity index is 1.79. The molecule has 11 atom stereocenters. The van der Waals surface area contributed by atoms with Crippen molar-refractivity contribution >= 4 is 11.9 Å². The fraction of sp³-hybridized carbons (Fsp3) is 0.882. The highest BCUT2D eigenvalue weighted by atomic mass is 16.7. The third-order valence-electron chi connectivity index (χ3n) is 12.4. The van der Waals surface area contributed by atoms with Crippen LogP contribution in [0.4, 0.5) is 0 Å². The van der Waals surface area contributed by atoms with Crippen molar-refractivity contribution < 1.29 is 73.8 Å². The molecular weight excluding hydrogens is 853 g/mol. The van der Waals surface area contributed by atoms with Gasteiger partial charge in [0.25, 0.3) is 0 Å². The first-order chi connectivity index (χ1) is 32.0. The van der Waals surface area contributed by atoms with Gasteiger partial charge in [-0.25, -0.2) is 0 Å². The van der Waals surface area contributed by atoms with E-state index in [9.17, 15) is 45.3 Å². The standard InChI is InChI=1S/C51H92O15/c1-3-5-7-9-11-13-15-16-17-18-19-20-21-22-24-26-28-30-32-34-43(54)64-39(36-61-42(53)33-31-29-27-25-23-14-12-10-8-6-4-2)37-62-50-49(60)47(58)45(56)41(66-50)38-63-51-48(59)46(57)44(55)40(35-52)65-51/h10,12,16-17,39-41,44-52,55-60H,3-9,11,13-15,18-38H2,1-2H3/b12-10-,17-16-. The first kappa shape index (κ1) is 60.1. The Kier molecular flexibility index (Phi) is 35.3. The lowest BCUT2D eigenvalue weighted by Gasteiger charge is -2.42. The Morgan fingerprint density at radius 3 is 1.38 bits per heavy atom. The van der Waals surface area contributed by atoms with E-state index >= 15 is 0 Å². The molecule has 0 bridgehead atoms. The zero-order chi connectivity index (χ0) is 48.2. The fourth-order valence-electron chi connectivity index (χ4n) is 8.07. The molecule has 0 aromatic rings. The monoisotopic (exact) mass is 945 g/mol. The number of aliphatic hydroxyl groups excluding tert-OH is 7. The lowest BCUT2D eigenvalue weighted by Crippen LogP contribution is -2.61. The van der Waals surface area contributed by atoms with E-state index in [4.69, 9.17) is 28.4 Å². The number of hydrogen-bond acceptors (Lipinski definition) is 15. The minimum atomic E-state index is -1.76. The first-order valence-electron chi connectivity index (χ1n) is 25.9. The lowest BCUT2D eigenvalue weighted by molar-refractivity contribution is -0.332. The molecule has 0 saturated carbocycles. The van der Waals surface area contributed by atoms with Crippen LogP contribution >= 0.6 is 0 Å². The molecule has 7 N–H and O–H groups in total. The van der Waals surface area contributed by atoms with Gasteiger partial charge >= 0.3 is 11.9 Å². The number of ether oxygens (including phenoxy) is 6. The number of hydrogen-bond donors (Lipinski definition) is 7. The van der Waals surface area contributed by atoms with Crippen molar-refractivity contribution in [1.29, 1.82) is 0 Å². The summed E-state index contributed by atoms with van der Waals surface area (Å²) in [6.07, 6.45) is 22.1. The molecule has 2 heterocycles. The Morgan fingerprint density at radius 2 is 0.879 bits per heavy atom. The predicted octanol–water partition coefficient (Wildman–Crippen LogP) is 7.16. The summed E-state index contributed by atoms with van der Waals surface area (Å²) in [6.45, 7) is 2.54. The largest absolute Gasteiger partial charge is 0.462 e. The summed E-state index contributed by atoms with van der Waals surface area (Å²) in [5.41, 5.74) is 0. The number of aliphatic hydroxyl groups is 7. The van der Waals surface area contributed by atoms with Gasteiger partial charge in [-0.2, -0.15) is 0 Å². The molecule has 66 heavy (non-hydrogen) atoms. The van der Waals surface area contributed by atoms with Crippen LogP contribution in [0, 0.1) is 0 Å². The average molecular weight is 945 g/mol. The second-order valence-electron chi connectivity index (χ2n) is 18.3. The molecule has 0 aromatic heterocycles. The van der Waals surface area contributed by atoms with Crippen molar-refractivity contribution in [1.82, 2.24) is 0 Å². The van der Waals surface area contributed by atoms with Gasteiger partial charge in [-0.3, -0.25) is 9.59 Å². The SMILES string of the molecule is CCCC/C=C\CCCCCCCC(=O)OCC(COC1OC(COC2OC(CO)C(O)C(O)C2O)C(O)C(O)C1O)OC(=O)CCCCCCCCCCC/C=C\CCCCCCCC. The molecule has 2 saturated heterocycles. The summed E-state index contributed by atoms with van der Waals surface area (Å²) in [4.78, 5) is 25.7. The normalized spacial score (nSPS) is 26.3. The van der Waals surface area contributed by atoms with E-state index in [2.05, 4.69) is 38.2 Å². The molecule has 386 valence electrons. The Labute approximate surface area is 396 Å². The topological polar surface area (TPSA) is 231 Å². The first-order valence-corrected chi connectivity index (χ1v) is 25.9. The van der Waals surface area contributed by atoms with E-state index in [1.54, 1.807) is 0 Å². The van der Waals surface area contributed by atoms with E-state index < -0.39 is 92.7 Å². The molecule has 2 rings (SSSR count). The zero-order valence-electron chi connectivity index (χ0n) is 40.7. The minimum absolute atomic E-state index is 0.163. The highest BCUT2D eigenvalue weighted by Gasteiger charge is 2.47. The van der Waals surface area contributed by atoms with Gasteiger partial charge in [0.1, 0.15) is 55.4 Å². The summed E-state index contributed by atoms with van der Waals surface area (Å²) in [6, 6.07) is 0. The van der Waals surface area contributed by atoms with Crippen LogP contribution in [0.1, 0.15) is 194 Å². The highest BCUT2D eigenvalue weighted by Crippen LogP contribution is 2.26. The molecule has 0 aliphatic carbocycles. The molecule has 0 aromatic carbocycles. The van der Waals surface area contributed by atoms with E-state index in [-0.39, 0.29) is 26.1 Å². The molecule has 2 fully saturated rings. The van der Waals surface area contributed by atoms with Gasteiger partial charge in [0, 0.05) is 12.8 Å². The van der Waals surface area contributed by atoms with Gasteiger partial charge in [0.05, 0.1) is 19.8 Å². The van der Waals surface area contributed by atoms with Gasteiger partial charge in [0.2, 0.25) is 0 Å². The summed E-state index contributed by atoms with van der Waals surface area (Å²) in [5, 5.41) is 72.0. The van der Waals surface area contributed by atoms with Crippen LogP contribution < -0.4 is 0 Å². The third-order valence-corrected chi connectivity index (χ3v) is 12.4. The summed E-state index contributed by atoms with van der Waals surface area (Å²) < 4.78 is 33.5. The van der Waals surface area contributed by atoms with Crippen molar-refractivity contribution in [3.63, 3.8) is 0 Å². The predicted molar refractivity (Wildman–Crippen MR) is 252 cm³/mol. The molecule has 2 aliphatic rings.